The molecule has 0 spiro atoms. The van der Waals surface area contributed by atoms with Crippen LogP contribution in [0.2, 0.25) is 0 Å². The highest BCUT2D eigenvalue weighted by Gasteiger charge is 2.53. The Labute approximate surface area is 180 Å². The molecule has 1 atom stereocenters. The van der Waals surface area contributed by atoms with Crippen molar-refractivity contribution < 1.29 is 9.59 Å². The van der Waals surface area contributed by atoms with Crippen LogP contribution in [0, 0.1) is 17.8 Å². The Morgan fingerprint density at radius 2 is 1.70 bits per heavy atom. The standard InChI is InChI=1S/C23H28N4O2S/c1-14(24-20(29)18-5-3-2-4-6-18)7-19(28)25-22-27-26-21(30-22)23-11-15-8-16(12-23)10-17(9-15)13-23/h2-6,14-17H,7-13H2,1H3,(H,24,29)(H,25,27,28)/t14-,15?,16?,17?,23?/m0/s1. The van der Waals surface area contributed by atoms with E-state index in [1.807, 2.05) is 25.1 Å². The van der Waals surface area contributed by atoms with Gasteiger partial charge in [0, 0.05) is 23.4 Å². The van der Waals surface area contributed by atoms with Gasteiger partial charge in [-0.1, -0.05) is 29.5 Å². The summed E-state index contributed by atoms with van der Waals surface area (Å²) in [6.07, 6.45) is 8.11. The fourth-order valence-electron chi connectivity index (χ4n) is 6.26. The van der Waals surface area contributed by atoms with Crippen LogP contribution in [0.1, 0.15) is 67.2 Å². The summed E-state index contributed by atoms with van der Waals surface area (Å²) in [5.74, 6) is 2.24. The third-order valence-corrected chi connectivity index (χ3v) is 8.15. The summed E-state index contributed by atoms with van der Waals surface area (Å²) in [7, 11) is 0. The molecule has 4 fully saturated rings. The molecule has 2 amide bonds. The van der Waals surface area contributed by atoms with Crippen molar-refractivity contribution >= 4 is 28.3 Å². The SMILES string of the molecule is C[C@@H](CC(=O)Nc1nnc(C23CC4CC(CC(C4)C2)C3)s1)NC(=O)c1ccccc1. The first kappa shape index (κ1) is 19.7. The summed E-state index contributed by atoms with van der Waals surface area (Å²) < 4.78 is 0. The normalized spacial score (nSPS) is 30.1. The molecular formula is C23H28N4O2S. The van der Waals surface area contributed by atoms with Gasteiger partial charge in [0.2, 0.25) is 11.0 Å². The van der Waals surface area contributed by atoms with Gasteiger partial charge in [-0.15, -0.1) is 10.2 Å². The first-order valence-corrected chi connectivity index (χ1v) is 11.8. The van der Waals surface area contributed by atoms with E-state index in [4.69, 9.17) is 0 Å². The lowest BCUT2D eigenvalue weighted by Crippen LogP contribution is -2.48. The lowest BCUT2D eigenvalue weighted by Gasteiger charge is -2.55. The van der Waals surface area contributed by atoms with Crippen LogP contribution in [-0.4, -0.2) is 28.1 Å². The number of nitrogens with zero attached hydrogens (tertiary/aromatic N) is 2. The highest BCUT2D eigenvalue weighted by Crippen LogP contribution is 2.61. The number of amides is 2. The smallest absolute Gasteiger partial charge is 0.251 e. The maximum atomic E-state index is 12.5. The summed E-state index contributed by atoms with van der Waals surface area (Å²) >= 11 is 1.55. The summed E-state index contributed by atoms with van der Waals surface area (Å²) in [4.78, 5) is 24.7. The Bertz CT molecular complexity index is 906. The highest BCUT2D eigenvalue weighted by molar-refractivity contribution is 7.15. The largest absolute Gasteiger partial charge is 0.349 e. The molecule has 1 aromatic heterocycles. The van der Waals surface area contributed by atoms with Crippen molar-refractivity contribution in [1.29, 1.82) is 0 Å². The minimum Gasteiger partial charge on any atom is -0.349 e. The molecule has 4 aliphatic carbocycles. The fourth-order valence-corrected chi connectivity index (χ4v) is 7.23. The van der Waals surface area contributed by atoms with Crippen molar-refractivity contribution in [3.8, 4) is 0 Å². The van der Waals surface area contributed by atoms with E-state index >= 15 is 0 Å². The number of carbonyl (C=O) groups is 2. The second kappa shape index (κ2) is 7.76. The minimum atomic E-state index is -0.270. The first-order valence-electron chi connectivity index (χ1n) is 11.0. The summed E-state index contributed by atoms with van der Waals surface area (Å²) in [6.45, 7) is 1.83. The first-order chi connectivity index (χ1) is 14.5. The zero-order valence-electron chi connectivity index (χ0n) is 17.3. The van der Waals surface area contributed by atoms with Gasteiger partial charge in [0.05, 0.1) is 0 Å². The van der Waals surface area contributed by atoms with Gasteiger partial charge in [-0.25, -0.2) is 0 Å². The monoisotopic (exact) mass is 424 g/mol. The number of nitrogens with one attached hydrogen (secondary N) is 2. The lowest BCUT2D eigenvalue weighted by atomic mass is 9.50. The van der Waals surface area contributed by atoms with E-state index in [0.717, 1.165) is 22.8 Å². The molecule has 4 aliphatic rings. The highest BCUT2D eigenvalue weighted by atomic mass is 32.1. The molecule has 1 heterocycles. The molecule has 4 bridgehead atoms. The van der Waals surface area contributed by atoms with E-state index < -0.39 is 0 Å². The van der Waals surface area contributed by atoms with Crippen molar-refractivity contribution in [2.75, 3.05) is 5.32 Å². The molecule has 6 rings (SSSR count). The van der Waals surface area contributed by atoms with E-state index in [9.17, 15) is 9.59 Å². The van der Waals surface area contributed by atoms with Crippen LogP contribution in [0.4, 0.5) is 5.13 Å². The topological polar surface area (TPSA) is 84.0 Å². The quantitative estimate of drug-likeness (QED) is 0.730. The zero-order chi connectivity index (χ0) is 20.7. The molecule has 0 aliphatic heterocycles. The van der Waals surface area contributed by atoms with Gasteiger partial charge in [0.15, 0.2) is 0 Å². The van der Waals surface area contributed by atoms with E-state index in [0.29, 0.717) is 10.7 Å². The molecule has 30 heavy (non-hydrogen) atoms. The van der Waals surface area contributed by atoms with Gasteiger partial charge in [0.25, 0.3) is 5.91 Å². The molecular weight excluding hydrogens is 396 g/mol. The van der Waals surface area contributed by atoms with Crippen LogP contribution in [0.25, 0.3) is 0 Å². The van der Waals surface area contributed by atoms with Crippen LogP contribution in [0.5, 0.6) is 0 Å². The summed E-state index contributed by atoms with van der Waals surface area (Å²) in [5, 5.41) is 16.2. The molecule has 1 aromatic carbocycles. The maximum Gasteiger partial charge on any atom is 0.251 e. The molecule has 2 N–H and O–H groups in total. The molecule has 0 unspecified atom stereocenters. The van der Waals surface area contributed by atoms with Gasteiger partial charge in [0.1, 0.15) is 5.01 Å². The summed E-state index contributed by atoms with van der Waals surface area (Å²) in [6, 6.07) is 8.76. The average Bonchev–Trinajstić information content (AvgIpc) is 3.16. The van der Waals surface area contributed by atoms with Crippen molar-refractivity contribution in [3.05, 3.63) is 40.9 Å². The molecule has 4 saturated carbocycles. The predicted molar refractivity (Wildman–Crippen MR) is 116 cm³/mol. The van der Waals surface area contributed by atoms with Crippen LogP contribution in [0.3, 0.4) is 0 Å². The third-order valence-electron chi connectivity index (χ3n) is 7.07. The van der Waals surface area contributed by atoms with Gasteiger partial charge in [-0.05, 0) is 75.3 Å². The number of benzene rings is 1. The Hall–Kier alpha value is -2.28. The molecule has 0 saturated heterocycles. The van der Waals surface area contributed by atoms with Crippen molar-refractivity contribution in [2.45, 2.75) is 63.3 Å². The van der Waals surface area contributed by atoms with E-state index in [1.54, 1.807) is 23.5 Å². The minimum absolute atomic E-state index is 0.149. The van der Waals surface area contributed by atoms with Crippen LogP contribution >= 0.6 is 11.3 Å². The molecule has 158 valence electrons. The van der Waals surface area contributed by atoms with E-state index in [2.05, 4.69) is 20.8 Å². The van der Waals surface area contributed by atoms with Gasteiger partial charge in [-0.3, -0.25) is 9.59 Å². The number of hydrogen-bond donors (Lipinski definition) is 2. The number of anilines is 1. The molecule has 7 heteroatoms. The van der Waals surface area contributed by atoms with Crippen molar-refractivity contribution in [3.63, 3.8) is 0 Å². The van der Waals surface area contributed by atoms with E-state index in [1.165, 1.54) is 38.5 Å². The van der Waals surface area contributed by atoms with Gasteiger partial charge in [-0.2, -0.15) is 0 Å². The molecule has 0 radical (unpaired) electrons. The van der Waals surface area contributed by atoms with Crippen molar-refractivity contribution in [1.82, 2.24) is 15.5 Å². The lowest BCUT2D eigenvalue weighted by molar-refractivity contribution is -0.116. The maximum absolute atomic E-state index is 12.5. The van der Waals surface area contributed by atoms with Crippen LogP contribution in [-0.2, 0) is 10.2 Å². The predicted octanol–water partition coefficient (Wildman–Crippen LogP) is 4.15. The van der Waals surface area contributed by atoms with Crippen molar-refractivity contribution in [2.24, 2.45) is 17.8 Å². The molecule has 2 aromatic rings. The fraction of sp³-hybridized carbons (Fsp3) is 0.565. The second-order valence-electron chi connectivity index (χ2n) is 9.60. The Morgan fingerprint density at radius 3 is 2.33 bits per heavy atom. The Kier molecular flexibility index (Phi) is 5.09. The summed E-state index contributed by atoms with van der Waals surface area (Å²) in [5.41, 5.74) is 0.792. The Morgan fingerprint density at radius 1 is 1.07 bits per heavy atom. The van der Waals surface area contributed by atoms with Crippen LogP contribution < -0.4 is 10.6 Å². The van der Waals surface area contributed by atoms with Gasteiger partial charge < -0.3 is 10.6 Å². The number of hydrogen-bond acceptors (Lipinski definition) is 5. The third kappa shape index (κ3) is 3.87. The number of carbonyl (C=O) groups excluding carboxylic acids is 2. The number of aromatic nitrogens is 2. The Balaban J connectivity index is 1.18. The zero-order valence-corrected chi connectivity index (χ0v) is 18.1. The van der Waals surface area contributed by atoms with Crippen LogP contribution in [0.15, 0.2) is 30.3 Å². The average molecular weight is 425 g/mol. The second-order valence-corrected chi connectivity index (χ2v) is 10.6. The number of rotatable bonds is 6. The molecule has 6 nitrogen and oxygen atoms in total. The van der Waals surface area contributed by atoms with Gasteiger partial charge >= 0.3 is 0 Å². The van der Waals surface area contributed by atoms with E-state index in [-0.39, 0.29) is 29.7 Å².